The van der Waals surface area contributed by atoms with E-state index in [0.717, 1.165) is 29.7 Å². The van der Waals surface area contributed by atoms with Gasteiger partial charge in [-0.25, -0.2) is 0 Å². The molecular weight excluding hydrogens is 210 g/mol. The molecular formula is C12H12ClNO. The minimum absolute atomic E-state index is 0.697. The number of fused-ring (bicyclic) bond motifs is 1. The van der Waals surface area contributed by atoms with E-state index in [1.54, 1.807) is 6.20 Å². The predicted molar refractivity (Wildman–Crippen MR) is 62.5 cm³/mol. The molecule has 0 saturated carbocycles. The third-order valence-corrected chi connectivity index (χ3v) is 2.36. The van der Waals surface area contributed by atoms with Crippen LogP contribution in [-0.2, 0) is 0 Å². The zero-order chi connectivity index (χ0) is 10.7. The Balaban J connectivity index is 2.46. The summed E-state index contributed by atoms with van der Waals surface area (Å²) in [6.45, 7) is 2.81. The van der Waals surface area contributed by atoms with Crippen LogP contribution in [0, 0.1) is 0 Å². The van der Waals surface area contributed by atoms with Crippen molar-refractivity contribution in [1.82, 2.24) is 4.98 Å². The molecule has 3 heteroatoms. The van der Waals surface area contributed by atoms with Gasteiger partial charge < -0.3 is 4.74 Å². The van der Waals surface area contributed by atoms with Crippen LogP contribution in [0.15, 0.2) is 30.5 Å². The summed E-state index contributed by atoms with van der Waals surface area (Å²) in [5, 5.41) is 1.71. The number of benzene rings is 1. The van der Waals surface area contributed by atoms with Gasteiger partial charge in [0.1, 0.15) is 5.75 Å². The predicted octanol–water partition coefficient (Wildman–Crippen LogP) is 3.68. The van der Waals surface area contributed by atoms with Crippen LogP contribution in [0.4, 0.5) is 0 Å². The molecule has 0 saturated heterocycles. The molecule has 1 aromatic carbocycles. The van der Waals surface area contributed by atoms with Gasteiger partial charge in [0, 0.05) is 16.6 Å². The first kappa shape index (κ1) is 10.2. The summed E-state index contributed by atoms with van der Waals surface area (Å²) in [7, 11) is 0. The Morgan fingerprint density at radius 2 is 2.20 bits per heavy atom. The number of ether oxygens (including phenoxy) is 1. The van der Waals surface area contributed by atoms with Crippen LogP contribution in [0.25, 0.3) is 10.9 Å². The van der Waals surface area contributed by atoms with Crippen LogP contribution >= 0.6 is 11.6 Å². The van der Waals surface area contributed by atoms with Crippen LogP contribution in [0.3, 0.4) is 0 Å². The maximum atomic E-state index is 5.89. The van der Waals surface area contributed by atoms with E-state index in [1.807, 2.05) is 24.3 Å². The molecule has 0 bridgehead atoms. The minimum atomic E-state index is 0.697. The molecule has 1 aromatic heterocycles. The third-order valence-electron chi connectivity index (χ3n) is 2.13. The first-order valence-corrected chi connectivity index (χ1v) is 5.36. The number of rotatable bonds is 3. The Labute approximate surface area is 93.8 Å². The lowest BCUT2D eigenvalue weighted by Crippen LogP contribution is -1.96. The molecule has 2 rings (SSSR count). The van der Waals surface area contributed by atoms with Gasteiger partial charge in [-0.05, 0) is 30.7 Å². The van der Waals surface area contributed by atoms with Gasteiger partial charge in [-0.3, -0.25) is 4.98 Å². The molecule has 2 aromatic rings. The maximum absolute atomic E-state index is 5.89. The molecule has 0 radical (unpaired) electrons. The molecule has 0 N–H and O–H groups in total. The van der Waals surface area contributed by atoms with Crippen LogP contribution in [-0.4, -0.2) is 11.6 Å². The molecule has 0 atom stereocenters. The van der Waals surface area contributed by atoms with Crippen molar-refractivity contribution in [2.45, 2.75) is 13.3 Å². The SMILES string of the molecule is CCCOc1ccnc2cc(Cl)ccc12. The van der Waals surface area contributed by atoms with E-state index in [4.69, 9.17) is 16.3 Å². The lowest BCUT2D eigenvalue weighted by molar-refractivity contribution is 0.321. The largest absolute Gasteiger partial charge is 0.493 e. The van der Waals surface area contributed by atoms with E-state index in [1.165, 1.54) is 0 Å². The Morgan fingerprint density at radius 3 is 3.00 bits per heavy atom. The maximum Gasteiger partial charge on any atom is 0.130 e. The van der Waals surface area contributed by atoms with Gasteiger partial charge in [-0.1, -0.05) is 18.5 Å². The minimum Gasteiger partial charge on any atom is -0.493 e. The second kappa shape index (κ2) is 4.49. The summed E-state index contributed by atoms with van der Waals surface area (Å²) in [6, 6.07) is 7.52. The van der Waals surface area contributed by atoms with Crippen molar-refractivity contribution in [3.63, 3.8) is 0 Å². The van der Waals surface area contributed by atoms with Crippen LogP contribution in [0.1, 0.15) is 13.3 Å². The van der Waals surface area contributed by atoms with Crippen LogP contribution in [0.2, 0.25) is 5.02 Å². The molecule has 2 nitrogen and oxygen atoms in total. The van der Waals surface area contributed by atoms with E-state index in [9.17, 15) is 0 Å². The normalized spacial score (nSPS) is 10.5. The summed E-state index contributed by atoms with van der Waals surface area (Å²) in [5.41, 5.74) is 0.871. The molecule has 0 spiro atoms. The molecule has 0 fully saturated rings. The van der Waals surface area contributed by atoms with Crippen molar-refractivity contribution in [2.75, 3.05) is 6.61 Å². The standard InChI is InChI=1S/C12H12ClNO/c1-2-7-15-12-5-6-14-11-8-9(13)3-4-10(11)12/h3-6,8H,2,7H2,1H3. The van der Waals surface area contributed by atoms with Gasteiger partial charge in [0.2, 0.25) is 0 Å². The molecule has 0 aliphatic carbocycles. The van der Waals surface area contributed by atoms with Gasteiger partial charge >= 0.3 is 0 Å². The Hall–Kier alpha value is -1.28. The number of aromatic nitrogens is 1. The van der Waals surface area contributed by atoms with Crippen molar-refractivity contribution in [1.29, 1.82) is 0 Å². The monoisotopic (exact) mass is 221 g/mol. The summed E-state index contributed by atoms with van der Waals surface area (Å²) < 4.78 is 5.63. The van der Waals surface area contributed by atoms with E-state index in [2.05, 4.69) is 11.9 Å². The van der Waals surface area contributed by atoms with Crippen molar-refractivity contribution in [3.8, 4) is 5.75 Å². The fraction of sp³-hybridized carbons (Fsp3) is 0.250. The van der Waals surface area contributed by atoms with Crippen molar-refractivity contribution in [2.24, 2.45) is 0 Å². The van der Waals surface area contributed by atoms with E-state index in [-0.39, 0.29) is 0 Å². The number of hydrogen-bond acceptors (Lipinski definition) is 2. The van der Waals surface area contributed by atoms with Gasteiger partial charge in [-0.15, -0.1) is 0 Å². The second-order valence-electron chi connectivity index (χ2n) is 3.32. The fourth-order valence-electron chi connectivity index (χ4n) is 1.43. The Morgan fingerprint density at radius 1 is 1.33 bits per heavy atom. The average Bonchev–Trinajstić information content (AvgIpc) is 2.25. The molecule has 0 amide bonds. The molecule has 1 heterocycles. The highest BCUT2D eigenvalue weighted by Crippen LogP contribution is 2.26. The number of nitrogens with zero attached hydrogens (tertiary/aromatic N) is 1. The lowest BCUT2D eigenvalue weighted by Gasteiger charge is -2.07. The highest BCUT2D eigenvalue weighted by atomic mass is 35.5. The lowest BCUT2D eigenvalue weighted by atomic mass is 10.2. The first-order chi connectivity index (χ1) is 7.31. The topological polar surface area (TPSA) is 22.1 Å². The number of halogens is 1. The van der Waals surface area contributed by atoms with Gasteiger partial charge in [-0.2, -0.15) is 0 Å². The van der Waals surface area contributed by atoms with E-state index >= 15 is 0 Å². The Bertz CT molecular complexity index is 470. The summed E-state index contributed by atoms with van der Waals surface area (Å²) >= 11 is 5.89. The molecule has 0 aliphatic heterocycles. The van der Waals surface area contributed by atoms with E-state index < -0.39 is 0 Å². The highest BCUT2D eigenvalue weighted by molar-refractivity contribution is 6.31. The summed E-state index contributed by atoms with van der Waals surface area (Å²) in [5.74, 6) is 0.874. The van der Waals surface area contributed by atoms with Crippen molar-refractivity contribution < 1.29 is 4.74 Å². The summed E-state index contributed by atoms with van der Waals surface area (Å²) in [4.78, 5) is 4.25. The quantitative estimate of drug-likeness (QED) is 0.789. The zero-order valence-electron chi connectivity index (χ0n) is 8.53. The fourth-order valence-corrected chi connectivity index (χ4v) is 1.60. The highest BCUT2D eigenvalue weighted by Gasteiger charge is 2.02. The van der Waals surface area contributed by atoms with E-state index in [0.29, 0.717) is 5.02 Å². The molecule has 0 unspecified atom stereocenters. The third kappa shape index (κ3) is 2.21. The van der Waals surface area contributed by atoms with Gasteiger partial charge in [0.25, 0.3) is 0 Å². The zero-order valence-corrected chi connectivity index (χ0v) is 9.29. The molecule has 0 aliphatic rings. The molecule has 78 valence electrons. The number of pyridine rings is 1. The number of hydrogen-bond donors (Lipinski definition) is 0. The van der Waals surface area contributed by atoms with Gasteiger partial charge in [0.05, 0.1) is 12.1 Å². The van der Waals surface area contributed by atoms with Crippen LogP contribution < -0.4 is 4.74 Å². The van der Waals surface area contributed by atoms with Gasteiger partial charge in [0.15, 0.2) is 0 Å². The van der Waals surface area contributed by atoms with Crippen molar-refractivity contribution >= 4 is 22.5 Å². The summed E-state index contributed by atoms with van der Waals surface area (Å²) in [6.07, 6.45) is 2.74. The Kier molecular flexibility index (Phi) is 3.07. The smallest absolute Gasteiger partial charge is 0.130 e. The average molecular weight is 222 g/mol. The first-order valence-electron chi connectivity index (χ1n) is 4.98. The second-order valence-corrected chi connectivity index (χ2v) is 3.76. The van der Waals surface area contributed by atoms with Crippen molar-refractivity contribution in [3.05, 3.63) is 35.5 Å². The van der Waals surface area contributed by atoms with Crippen LogP contribution in [0.5, 0.6) is 5.75 Å². The molecule has 15 heavy (non-hydrogen) atoms.